The minimum Gasteiger partial charge on any atom is -0.481 e. The van der Waals surface area contributed by atoms with Crippen molar-refractivity contribution in [3.05, 3.63) is 29.8 Å². The van der Waals surface area contributed by atoms with Crippen LogP contribution in [-0.2, 0) is 9.59 Å². The summed E-state index contributed by atoms with van der Waals surface area (Å²) in [6, 6.07) is 7.50. The molecule has 0 saturated carbocycles. The Bertz CT molecular complexity index is 460. The lowest BCUT2D eigenvalue weighted by Crippen LogP contribution is -2.40. The third kappa shape index (κ3) is 5.01. The number of aliphatic carboxylic acids is 1. The smallest absolute Gasteiger partial charge is 0.305 e. The number of carboxylic acids is 1. The van der Waals surface area contributed by atoms with Crippen molar-refractivity contribution >= 4 is 17.6 Å². The molecule has 5 heteroatoms. The Morgan fingerprint density at radius 1 is 1.30 bits per heavy atom. The number of rotatable bonds is 8. The zero-order valence-electron chi connectivity index (χ0n) is 12.1. The Kier molecular flexibility index (Phi) is 6.73. The Labute approximate surface area is 119 Å². The summed E-state index contributed by atoms with van der Waals surface area (Å²) in [5.41, 5.74) is 1.73. The van der Waals surface area contributed by atoms with Gasteiger partial charge in [-0.15, -0.1) is 0 Å². The molecule has 110 valence electrons. The number of aryl methyl sites for hydroxylation is 1. The zero-order valence-corrected chi connectivity index (χ0v) is 12.1. The number of hydrogen-bond donors (Lipinski definition) is 2. The van der Waals surface area contributed by atoms with E-state index < -0.39 is 5.97 Å². The van der Waals surface area contributed by atoms with Crippen LogP contribution in [0.2, 0.25) is 0 Å². The maximum atomic E-state index is 12.3. The van der Waals surface area contributed by atoms with Gasteiger partial charge in [0.1, 0.15) is 0 Å². The molecular weight excluding hydrogens is 256 g/mol. The van der Waals surface area contributed by atoms with Crippen molar-refractivity contribution in [2.75, 3.05) is 24.5 Å². The monoisotopic (exact) mass is 278 g/mol. The van der Waals surface area contributed by atoms with Crippen LogP contribution in [0.4, 0.5) is 5.69 Å². The van der Waals surface area contributed by atoms with Crippen molar-refractivity contribution in [2.45, 2.75) is 26.7 Å². The van der Waals surface area contributed by atoms with Crippen LogP contribution >= 0.6 is 0 Å². The fourth-order valence-electron chi connectivity index (χ4n) is 1.92. The van der Waals surface area contributed by atoms with Crippen molar-refractivity contribution < 1.29 is 14.7 Å². The standard InChI is InChI=1S/C15H22N2O3/c1-3-9-16-11-14(18)17(10-8-15(19)20)13-7-5-4-6-12(13)2/h4-7,16H,3,8-11H2,1-2H3,(H,19,20). The summed E-state index contributed by atoms with van der Waals surface area (Å²) < 4.78 is 0. The van der Waals surface area contributed by atoms with Gasteiger partial charge in [0.15, 0.2) is 0 Å². The summed E-state index contributed by atoms with van der Waals surface area (Å²) in [5, 5.41) is 11.9. The van der Waals surface area contributed by atoms with E-state index in [1.807, 2.05) is 38.1 Å². The summed E-state index contributed by atoms with van der Waals surface area (Å²) in [6.45, 7) is 5.12. The fourth-order valence-corrected chi connectivity index (χ4v) is 1.92. The van der Waals surface area contributed by atoms with Crippen molar-refractivity contribution in [3.8, 4) is 0 Å². The van der Waals surface area contributed by atoms with E-state index in [2.05, 4.69) is 5.32 Å². The largest absolute Gasteiger partial charge is 0.481 e. The van der Waals surface area contributed by atoms with Crippen LogP contribution in [0, 0.1) is 6.92 Å². The quantitative estimate of drug-likeness (QED) is 0.711. The molecule has 0 saturated heterocycles. The summed E-state index contributed by atoms with van der Waals surface area (Å²) >= 11 is 0. The summed E-state index contributed by atoms with van der Waals surface area (Å²) in [6.07, 6.45) is 0.890. The number of para-hydroxylation sites is 1. The number of benzene rings is 1. The maximum absolute atomic E-state index is 12.3. The third-order valence-corrected chi connectivity index (χ3v) is 2.96. The van der Waals surface area contributed by atoms with Gasteiger partial charge in [0.25, 0.3) is 0 Å². The first kappa shape index (κ1) is 16.2. The first-order chi connectivity index (χ1) is 9.56. The minimum atomic E-state index is -0.905. The molecule has 5 nitrogen and oxygen atoms in total. The van der Waals surface area contributed by atoms with Gasteiger partial charge in [-0.1, -0.05) is 25.1 Å². The molecule has 0 aromatic heterocycles. The van der Waals surface area contributed by atoms with Crippen LogP contribution < -0.4 is 10.2 Å². The lowest BCUT2D eigenvalue weighted by molar-refractivity contribution is -0.136. The lowest BCUT2D eigenvalue weighted by atomic mass is 10.1. The number of hydrogen-bond acceptors (Lipinski definition) is 3. The average molecular weight is 278 g/mol. The average Bonchev–Trinajstić information content (AvgIpc) is 2.41. The summed E-state index contributed by atoms with van der Waals surface area (Å²) in [7, 11) is 0. The van der Waals surface area contributed by atoms with Crippen LogP contribution in [0.25, 0.3) is 0 Å². The van der Waals surface area contributed by atoms with E-state index >= 15 is 0 Å². The Balaban J connectivity index is 2.82. The van der Waals surface area contributed by atoms with E-state index in [0.29, 0.717) is 0 Å². The van der Waals surface area contributed by atoms with Gasteiger partial charge in [-0.25, -0.2) is 0 Å². The molecular formula is C15H22N2O3. The first-order valence-electron chi connectivity index (χ1n) is 6.84. The van der Waals surface area contributed by atoms with Crippen molar-refractivity contribution in [1.82, 2.24) is 5.32 Å². The molecule has 0 bridgehead atoms. The Morgan fingerprint density at radius 3 is 2.60 bits per heavy atom. The van der Waals surface area contributed by atoms with Gasteiger partial charge >= 0.3 is 5.97 Å². The topological polar surface area (TPSA) is 69.6 Å². The van der Waals surface area contributed by atoms with Gasteiger partial charge in [-0.2, -0.15) is 0 Å². The SMILES string of the molecule is CCCNCC(=O)N(CCC(=O)O)c1ccccc1C. The highest BCUT2D eigenvalue weighted by molar-refractivity contribution is 5.95. The molecule has 1 rings (SSSR count). The number of carboxylic acid groups (broad SMARTS) is 1. The Morgan fingerprint density at radius 2 is 2.00 bits per heavy atom. The van der Waals surface area contributed by atoms with Gasteiger partial charge in [0.05, 0.1) is 13.0 Å². The second kappa shape index (κ2) is 8.32. The van der Waals surface area contributed by atoms with E-state index in [1.165, 1.54) is 0 Å². The predicted molar refractivity (Wildman–Crippen MR) is 78.9 cm³/mol. The van der Waals surface area contributed by atoms with Gasteiger partial charge in [-0.05, 0) is 31.5 Å². The maximum Gasteiger partial charge on any atom is 0.305 e. The predicted octanol–water partition coefficient (Wildman–Crippen LogP) is 1.80. The molecule has 0 radical (unpaired) electrons. The zero-order chi connectivity index (χ0) is 15.0. The number of anilines is 1. The van der Waals surface area contributed by atoms with Crippen LogP contribution in [0.1, 0.15) is 25.3 Å². The van der Waals surface area contributed by atoms with E-state index in [0.717, 1.165) is 24.2 Å². The van der Waals surface area contributed by atoms with E-state index in [4.69, 9.17) is 5.11 Å². The van der Waals surface area contributed by atoms with Crippen LogP contribution in [0.5, 0.6) is 0 Å². The lowest BCUT2D eigenvalue weighted by Gasteiger charge is -2.24. The molecule has 0 aliphatic heterocycles. The highest BCUT2D eigenvalue weighted by Gasteiger charge is 2.17. The fraction of sp³-hybridized carbons (Fsp3) is 0.467. The number of carbonyl (C=O) groups excluding carboxylic acids is 1. The van der Waals surface area contributed by atoms with Crippen molar-refractivity contribution in [2.24, 2.45) is 0 Å². The second-order valence-corrected chi connectivity index (χ2v) is 4.65. The molecule has 0 aliphatic rings. The number of amides is 1. The third-order valence-electron chi connectivity index (χ3n) is 2.96. The molecule has 0 heterocycles. The molecule has 0 spiro atoms. The van der Waals surface area contributed by atoms with Gasteiger partial charge in [0, 0.05) is 12.2 Å². The molecule has 1 aromatic rings. The van der Waals surface area contributed by atoms with Gasteiger partial charge in [-0.3, -0.25) is 9.59 Å². The van der Waals surface area contributed by atoms with Gasteiger partial charge in [0.2, 0.25) is 5.91 Å². The Hall–Kier alpha value is -1.88. The molecule has 0 fully saturated rings. The van der Waals surface area contributed by atoms with E-state index in [1.54, 1.807) is 4.90 Å². The molecule has 0 aliphatic carbocycles. The van der Waals surface area contributed by atoms with Crippen LogP contribution in [-0.4, -0.2) is 36.6 Å². The summed E-state index contributed by atoms with van der Waals surface area (Å²) in [4.78, 5) is 24.6. The highest BCUT2D eigenvalue weighted by Crippen LogP contribution is 2.19. The van der Waals surface area contributed by atoms with E-state index in [9.17, 15) is 9.59 Å². The van der Waals surface area contributed by atoms with Crippen LogP contribution in [0.3, 0.4) is 0 Å². The van der Waals surface area contributed by atoms with Crippen LogP contribution in [0.15, 0.2) is 24.3 Å². The second-order valence-electron chi connectivity index (χ2n) is 4.65. The molecule has 2 N–H and O–H groups in total. The van der Waals surface area contributed by atoms with Crippen molar-refractivity contribution in [3.63, 3.8) is 0 Å². The minimum absolute atomic E-state index is 0.0617. The first-order valence-corrected chi connectivity index (χ1v) is 6.84. The molecule has 20 heavy (non-hydrogen) atoms. The van der Waals surface area contributed by atoms with Crippen molar-refractivity contribution in [1.29, 1.82) is 0 Å². The highest BCUT2D eigenvalue weighted by atomic mass is 16.4. The molecule has 0 atom stereocenters. The number of nitrogens with zero attached hydrogens (tertiary/aromatic N) is 1. The molecule has 1 aromatic carbocycles. The molecule has 1 amide bonds. The summed E-state index contributed by atoms with van der Waals surface area (Å²) in [5.74, 6) is -1.01. The van der Waals surface area contributed by atoms with Gasteiger partial charge < -0.3 is 15.3 Å². The number of carbonyl (C=O) groups is 2. The van der Waals surface area contributed by atoms with E-state index in [-0.39, 0.29) is 25.4 Å². The normalized spacial score (nSPS) is 10.3. The molecule has 0 unspecified atom stereocenters. The number of nitrogens with one attached hydrogen (secondary N) is 1.